The largest absolute Gasteiger partial charge is 0.497 e. The molecule has 0 radical (unpaired) electrons. The van der Waals surface area contributed by atoms with Gasteiger partial charge in [0.15, 0.2) is 0 Å². The molecule has 2 aromatic carbocycles. The van der Waals surface area contributed by atoms with Crippen molar-refractivity contribution in [3.8, 4) is 5.75 Å². The highest BCUT2D eigenvalue weighted by Crippen LogP contribution is 2.48. The van der Waals surface area contributed by atoms with Gasteiger partial charge >= 0.3 is 12.4 Å². The number of halogens is 6. The monoisotopic (exact) mass is 551 g/mol. The minimum absolute atomic E-state index is 0.0457. The van der Waals surface area contributed by atoms with Crippen molar-refractivity contribution in [1.82, 2.24) is 4.98 Å². The van der Waals surface area contributed by atoms with Crippen LogP contribution < -0.4 is 4.74 Å². The van der Waals surface area contributed by atoms with Gasteiger partial charge in [0.05, 0.1) is 36.8 Å². The van der Waals surface area contributed by atoms with Crippen molar-refractivity contribution in [3.05, 3.63) is 83.6 Å². The SMILES string of the molecule is C=CC1C[N@+]2(Cc3cc(C(F)(F)F)cc(C(F)(F)F)c3)CCC1CC2C(O)c1ccnc2ccc(OC)cc12. The van der Waals surface area contributed by atoms with E-state index in [2.05, 4.69) is 11.6 Å². The topological polar surface area (TPSA) is 42.4 Å². The lowest BCUT2D eigenvalue weighted by atomic mass is 9.71. The Morgan fingerprint density at radius 2 is 1.77 bits per heavy atom. The smallest absolute Gasteiger partial charge is 0.416 e. The molecular weight excluding hydrogens is 522 g/mol. The highest BCUT2D eigenvalue weighted by atomic mass is 19.4. The Kier molecular flexibility index (Phi) is 6.91. The highest BCUT2D eigenvalue weighted by Gasteiger charge is 2.54. The van der Waals surface area contributed by atoms with E-state index in [0.29, 0.717) is 41.7 Å². The lowest BCUT2D eigenvalue weighted by Crippen LogP contribution is -2.67. The molecule has 0 spiro atoms. The molecule has 4 heterocycles. The molecule has 2 bridgehead atoms. The Morgan fingerprint density at radius 1 is 1.08 bits per heavy atom. The van der Waals surface area contributed by atoms with Crippen LogP contribution in [0.3, 0.4) is 0 Å². The predicted molar refractivity (Wildman–Crippen MR) is 134 cm³/mol. The lowest BCUT2D eigenvalue weighted by molar-refractivity contribution is -0.984. The fourth-order valence-corrected chi connectivity index (χ4v) is 6.59. The fraction of sp³-hybridized carbons (Fsp3) is 0.414. The number of rotatable bonds is 6. The summed E-state index contributed by atoms with van der Waals surface area (Å²) in [6.45, 7) is 4.86. The van der Waals surface area contributed by atoms with Gasteiger partial charge in [-0.15, -0.1) is 6.58 Å². The standard InChI is InChI=1S/C29H29F6N2O2/c1-3-18-16-37(15-17-10-20(28(30,31)32)13-21(11-17)29(33,34)35)9-7-19(18)12-26(37)27(38)23-6-8-36-25-5-4-22(39-2)14-24(23)25/h3-6,8,10-11,13-14,18-19,26-27,38H,1,7,9,12,15-16H2,2H3/q+1/t18?,19?,26?,27?,37-/m1/s1. The number of aliphatic hydroxyl groups excluding tert-OH is 1. The summed E-state index contributed by atoms with van der Waals surface area (Å²) in [6, 6.07) is 8.34. The molecule has 3 aliphatic heterocycles. The van der Waals surface area contributed by atoms with Crippen molar-refractivity contribution >= 4 is 10.9 Å². The van der Waals surface area contributed by atoms with E-state index in [1.807, 2.05) is 6.08 Å². The number of pyridine rings is 1. The molecule has 1 aromatic heterocycles. The summed E-state index contributed by atoms with van der Waals surface area (Å²) in [7, 11) is 1.53. The van der Waals surface area contributed by atoms with Crippen LogP contribution >= 0.6 is 0 Å². The van der Waals surface area contributed by atoms with E-state index in [4.69, 9.17) is 4.74 Å². The first-order chi connectivity index (χ1) is 18.3. The lowest BCUT2D eigenvalue weighted by Gasteiger charge is -2.58. The third kappa shape index (κ3) is 5.12. The molecule has 3 aliphatic rings. The number of aliphatic hydroxyl groups is 1. The average Bonchev–Trinajstić information content (AvgIpc) is 2.90. The molecule has 10 heteroatoms. The van der Waals surface area contributed by atoms with Crippen LogP contribution in [0.5, 0.6) is 5.75 Å². The molecule has 3 saturated heterocycles. The second-order valence-electron chi connectivity index (χ2n) is 10.7. The summed E-state index contributed by atoms with van der Waals surface area (Å²) in [4.78, 5) is 4.37. The van der Waals surface area contributed by atoms with Crippen LogP contribution in [0.1, 0.15) is 41.2 Å². The van der Waals surface area contributed by atoms with Crippen molar-refractivity contribution in [2.24, 2.45) is 11.8 Å². The van der Waals surface area contributed by atoms with Crippen LogP contribution in [0.2, 0.25) is 0 Å². The van der Waals surface area contributed by atoms with Gasteiger partial charge in [0.1, 0.15) is 24.4 Å². The van der Waals surface area contributed by atoms with Crippen molar-refractivity contribution in [1.29, 1.82) is 0 Å². The molecule has 0 amide bonds. The maximum Gasteiger partial charge on any atom is 0.416 e. The molecule has 1 N–H and O–H groups in total. The summed E-state index contributed by atoms with van der Waals surface area (Å²) in [5, 5.41) is 12.5. The van der Waals surface area contributed by atoms with Crippen LogP contribution in [0.25, 0.3) is 10.9 Å². The van der Waals surface area contributed by atoms with Crippen LogP contribution in [-0.2, 0) is 18.9 Å². The van der Waals surface area contributed by atoms with Gasteiger partial charge in [0.25, 0.3) is 0 Å². The van der Waals surface area contributed by atoms with E-state index >= 15 is 0 Å². The van der Waals surface area contributed by atoms with Gasteiger partial charge in [0.2, 0.25) is 0 Å². The molecule has 4 unspecified atom stereocenters. The number of alkyl halides is 6. The summed E-state index contributed by atoms with van der Waals surface area (Å²) in [5.41, 5.74) is -1.47. The summed E-state index contributed by atoms with van der Waals surface area (Å²) in [5.74, 6) is 0.843. The number of piperidine rings is 3. The van der Waals surface area contributed by atoms with E-state index in [9.17, 15) is 31.4 Å². The van der Waals surface area contributed by atoms with Gasteiger partial charge in [0, 0.05) is 35.9 Å². The quantitative estimate of drug-likeness (QED) is 0.205. The zero-order chi connectivity index (χ0) is 28.2. The summed E-state index contributed by atoms with van der Waals surface area (Å²) < 4.78 is 87.2. The number of quaternary nitrogens is 1. The highest BCUT2D eigenvalue weighted by molar-refractivity contribution is 5.83. The number of methoxy groups -OCH3 is 1. The van der Waals surface area contributed by atoms with E-state index < -0.39 is 35.6 Å². The second kappa shape index (κ2) is 9.82. The van der Waals surface area contributed by atoms with Crippen LogP contribution in [0, 0.1) is 11.8 Å². The third-order valence-corrected chi connectivity index (χ3v) is 8.49. The van der Waals surface area contributed by atoms with E-state index in [1.54, 1.807) is 30.5 Å². The first-order valence-corrected chi connectivity index (χ1v) is 12.7. The summed E-state index contributed by atoms with van der Waals surface area (Å²) in [6.07, 6.45) is -6.16. The molecule has 6 rings (SSSR count). The molecule has 0 saturated carbocycles. The zero-order valence-electron chi connectivity index (χ0n) is 21.3. The van der Waals surface area contributed by atoms with Crippen LogP contribution in [-0.4, -0.2) is 40.8 Å². The van der Waals surface area contributed by atoms with E-state index in [1.165, 1.54) is 7.11 Å². The third-order valence-electron chi connectivity index (χ3n) is 8.49. The second-order valence-corrected chi connectivity index (χ2v) is 10.7. The maximum atomic E-state index is 13.6. The minimum atomic E-state index is -4.93. The van der Waals surface area contributed by atoms with E-state index in [-0.39, 0.29) is 34.5 Å². The maximum absolute atomic E-state index is 13.6. The van der Waals surface area contributed by atoms with Gasteiger partial charge in [-0.2, -0.15) is 26.3 Å². The number of ether oxygens (including phenoxy) is 1. The molecule has 39 heavy (non-hydrogen) atoms. The van der Waals surface area contributed by atoms with Gasteiger partial charge in [-0.1, -0.05) is 6.08 Å². The Hall–Kier alpha value is -3.11. The molecule has 3 aromatic rings. The average molecular weight is 552 g/mol. The first kappa shape index (κ1) is 27.5. The van der Waals surface area contributed by atoms with Gasteiger partial charge in [-0.05, 0) is 53.9 Å². The number of hydrogen-bond donors (Lipinski definition) is 1. The van der Waals surface area contributed by atoms with Crippen molar-refractivity contribution in [2.45, 2.75) is 43.9 Å². The van der Waals surface area contributed by atoms with Crippen LogP contribution in [0.15, 0.2) is 61.3 Å². The molecule has 0 aliphatic carbocycles. The number of aromatic nitrogens is 1. The Bertz CT molecular complexity index is 1360. The van der Waals surface area contributed by atoms with Gasteiger partial charge in [-0.3, -0.25) is 4.98 Å². The molecule has 208 valence electrons. The van der Waals surface area contributed by atoms with Crippen molar-refractivity contribution < 1.29 is 40.7 Å². The zero-order valence-corrected chi connectivity index (χ0v) is 21.3. The Balaban J connectivity index is 1.60. The number of hydrogen-bond acceptors (Lipinski definition) is 3. The normalized spacial score (nSPS) is 26.0. The fourth-order valence-electron chi connectivity index (χ4n) is 6.59. The number of fused-ring (bicyclic) bond motifs is 4. The molecular formula is C29H29F6N2O2+. The van der Waals surface area contributed by atoms with E-state index in [0.717, 1.165) is 18.6 Å². The van der Waals surface area contributed by atoms with Crippen molar-refractivity contribution in [2.75, 3.05) is 20.2 Å². The minimum Gasteiger partial charge on any atom is -0.497 e. The number of nitrogens with zero attached hydrogens (tertiary/aromatic N) is 2. The molecule has 3 fully saturated rings. The Labute approximate surface area is 222 Å². The van der Waals surface area contributed by atoms with Crippen LogP contribution in [0.4, 0.5) is 26.3 Å². The first-order valence-electron chi connectivity index (χ1n) is 12.7. The number of benzene rings is 2. The summed E-state index contributed by atoms with van der Waals surface area (Å²) >= 11 is 0. The Morgan fingerprint density at radius 3 is 2.38 bits per heavy atom. The molecule has 4 nitrogen and oxygen atoms in total. The van der Waals surface area contributed by atoms with Crippen molar-refractivity contribution in [3.63, 3.8) is 0 Å². The molecule has 5 atom stereocenters. The van der Waals surface area contributed by atoms with Gasteiger partial charge < -0.3 is 14.3 Å². The predicted octanol–water partition coefficient (Wildman–Crippen LogP) is 6.93. The van der Waals surface area contributed by atoms with Gasteiger partial charge in [-0.25, -0.2) is 0 Å².